The van der Waals surface area contributed by atoms with E-state index >= 15 is 0 Å². The number of hydrogen-bond acceptors (Lipinski definition) is 3. The summed E-state index contributed by atoms with van der Waals surface area (Å²) in [7, 11) is 0. The Kier molecular flexibility index (Phi) is 5.30. The van der Waals surface area contributed by atoms with E-state index in [1.54, 1.807) is 0 Å². The highest BCUT2D eigenvalue weighted by Crippen LogP contribution is 2.36. The molecule has 0 aliphatic heterocycles. The van der Waals surface area contributed by atoms with Crippen molar-refractivity contribution in [1.82, 2.24) is 9.72 Å². The standard InChI is InChI=1S/C17H10Cl2F4N2O2/c18-12-5-2-6-13(20)10(12)8-25-14(24-27-16(25)26)7-9-3-1-4-11(15(9)19)17(21,22)23/h1-6H,7-8H2. The van der Waals surface area contributed by atoms with Gasteiger partial charge in [0, 0.05) is 17.0 Å². The van der Waals surface area contributed by atoms with Crippen LogP contribution in [-0.2, 0) is 19.1 Å². The number of alkyl halides is 3. The summed E-state index contributed by atoms with van der Waals surface area (Å²) in [6.07, 6.45) is -4.85. The van der Waals surface area contributed by atoms with Crippen LogP contribution in [0.3, 0.4) is 0 Å². The fourth-order valence-corrected chi connectivity index (χ4v) is 3.05. The second-order valence-electron chi connectivity index (χ2n) is 5.60. The minimum absolute atomic E-state index is 0.0134. The lowest BCUT2D eigenvalue weighted by atomic mass is 10.1. The smallest absolute Gasteiger partial charge is 0.296 e. The van der Waals surface area contributed by atoms with Crippen LogP contribution in [0.5, 0.6) is 0 Å². The third-order valence-electron chi connectivity index (χ3n) is 3.87. The molecule has 0 amide bonds. The third kappa shape index (κ3) is 4.01. The second-order valence-corrected chi connectivity index (χ2v) is 6.39. The van der Waals surface area contributed by atoms with Crippen LogP contribution in [-0.4, -0.2) is 9.72 Å². The van der Waals surface area contributed by atoms with Gasteiger partial charge < -0.3 is 0 Å². The molecule has 0 spiro atoms. The van der Waals surface area contributed by atoms with Gasteiger partial charge in [0.05, 0.1) is 17.1 Å². The highest BCUT2D eigenvalue weighted by Gasteiger charge is 2.34. The third-order valence-corrected chi connectivity index (χ3v) is 4.67. The molecule has 1 aromatic heterocycles. The van der Waals surface area contributed by atoms with E-state index in [9.17, 15) is 22.4 Å². The molecular weight excluding hydrogens is 411 g/mol. The monoisotopic (exact) mass is 420 g/mol. The van der Waals surface area contributed by atoms with E-state index in [0.29, 0.717) is 0 Å². The maximum absolute atomic E-state index is 14.0. The molecule has 0 aliphatic carbocycles. The molecule has 0 N–H and O–H groups in total. The molecular formula is C17H10Cl2F4N2O2. The number of halogens is 6. The summed E-state index contributed by atoms with van der Waals surface area (Å²) in [5, 5.41) is 3.15. The molecule has 10 heteroatoms. The van der Waals surface area contributed by atoms with E-state index in [1.165, 1.54) is 30.3 Å². The van der Waals surface area contributed by atoms with Crippen molar-refractivity contribution in [1.29, 1.82) is 0 Å². The van der Waals surface area contributed by atoms with Crippen LogP contribution in [0.15, 0.2) is 45.7 Å². The Bertz CT molecular complexity index is 1020. The number of hydrogen-bond donors (Lipinski definition) is 0. The van der Waals surface area contributed by atoms with Crippen LogP contribution < -0.4 is 5.76 Å². The minimum atomic E-state index is -4.63. The van der Waals surface area contributed by atoms with E-state index in [-0.39, 0.29) is 34.9 Å². The van der Waals surface area contributed by atoms with Gasteiger partial charge in [0.1, 0.15) is 5.82 Å². The van der Waals surface area contributed by atoms with Crippen LogP contribution in [0.25, 0.3) is 0 Å². The normalized spacial score (nSPS) is 11.8. The van der Waals surface area contributed by atoms with Crippen molar-refractivity contribution in [3.63, 3.8) is 0 Å². The maximum atomic E-state index is 14.0. The zero-order valence-electron chi connectivity index (χ0n) is 13.4. The van der Waals surface area contributed by atoms with Crippen LogP contribution in [0.2, 0.25) is 10.0 Å². The van der Waals surface area contributed by atoms with Gasteiger partial charge >= 0.3 is 11.9 Å². The Hall–Kier alpha value is -2.32. The average Bonchev–Trinajstić information content (AvgIpc) is 2.92. The summed E-state index contributed by atoms with van der Waals surface area (Å²) < 4.78 is 58.5. The van der Waals surface area contributed by atoms with E-state index in [0.717, 1.165) is 10.6 Å². The molecule has 1 heterocycles. The predicted molar refractivity (Wildman–Crippen MR) is 90.5 cm³/mol. The molecule has 0 saturated carbocycles. The summed E-state index contributed by atoms with van der Waals surface area (Å²) >= 11 is 11.8. The summed E-state index contributed by atoms with van der Waals surface area (Å²) in [5.74, 6) is -1.55. The molecule has 3 aromatic rings. The quantitative estimate of drug-likeness (QED) is 0.561. The molecule has 0 saturated heterocycles. The summed E-state index contributed by atoms with van der Waals surface area (Å²) in [4.78, 5) is 11.9. The van der Waals surface area contributed by atoms with Crippen LogP contribution in [0.1, 0.15) is 22.5 Å². The van der Waals surface area contributed by atoms with Crippen LogP contribution >= 0.6 is 23.2 Å². The van der Waals surface area contributed by atoms with Gasteiger partial charge in [-0.3, -0.25) is 9.09 Å². The second kappa shape index (κ2) is 7.36. The molecule has 3 rings (SSSR count). The predicted octanol–water partition coefficient (Wildman–Crippen LogP) is 4.94. The molecule has 4 nitrogen and oxygen atoms in total. The van der Waals surface area contributed by atoms with E-state index in [2.05, 4.69) is 9.68 Å². The Labute approximate surface area is 159 Å². The molecule has 0 unspecified atom stereocenters. The molecule has 0 atom stereocenters. The van der Waals surface area contributed by atoms with Crippen LogP contribution in [0, 0.1) is 5.82 Å². The molecule has 0 aliphatic rings. The number of rotatable bonds is 4. The van der Waals surface area contributed by atoms with Crippen molar-refractivity contribution in [2.24, 2.45) is 0 Å². The molecule has 2 aromatic carbocycles. The molecule has 0 radical (unpaired) electrons. The highest BCUT2D eigenvalue weighted by molar-refractivity contribution is 6.32. The van der Waals surface area contributed by atoms with E-state index < -0.39 is 28.3 Å². The Balaban J connectivity index is 1.98. The van der Waals surface area contributed by atoms with E-state index in [1.807, 2.05) is 0 Å². The molecule has 27 heavy (non-hydrogen) atoms. The number of aromatic nitrogens is 2. The fraction of sp³-hybridized carbons (Fsp3) is 0.176. The first kappa shape index (κ1) is 19.4. The topological polar surface area (TPSA) is 48.0 Å². The molecule has 0 fully saturated rings. The highest BCUT2D eigenvalue weighted by atomic mass is 35.5. The molecule has 142 valence electrons. The summed E-state index contributed by atoms with van der Waals surface area (Å²) in [6, 6.07) is 7.43. The Morgan fingerprint density at radius 1 is 1.11 bits per heavy atom. The van der Waals surface area contributed by atoms with Gasteiger partial charge in [-0.25, -0.2) is 9.18 Å². The molecule has 0 bridgehead atoms. The summed E-state index contributed by atoms with van der Waals surface area (Å²) in [6.45, 7) is -0.292. The maximum Gasteiger partial charge on any atom is 0.441 e. The Morgan fingerprint density at radius 2 is 1.81 bits per heavy atom. The Morgan fingerprint density at radius 3 is 2.48 bits per heavy atom. The first-order valence-electron chi connectivity index (χ1n) is 7.51. The van der Waals surface area contributed by atoms with Gasteiger partial charge in [0.15, 0.2) is 5.82 Å². The van der Waals surface area contributed by atoms with E-state index in [4.69, 9.17) is 23.2 Å². The van der Waals surface area contributed by atoms with Gasteiger partial charge in [-0.15, -0.1) is 0 Å². The summed E-state index contributed by atoms with van der Waals surface area (Å²) in [5.41, 5.74) is -0.884. The number of benzene rings is 2. The first-order valence-corrected chi connectivity index (χ1v) is 8.27. The first-order chi connectivity index (χ1) is 12.7. The van der Waals surface area contributed by atoms with Gasteiger partial charge in [-0.2, -0.15) is 13.2 Å². The zero-order chi connectivity index (χ0) is 19.8. The lowest BCUT2D eigenvalue weighted by Crippen LogP contribution is -2.19. The van der Waals surface area contributed by atoms with Crippen molar-refractivity contribution in [2.75, 3.05) is 0 Å². The van der Waals surface area contributed by atoms with Gasteiger partial charge in [0.25, 0.3) is 0 Å². The minimum Gasteiger partial charge on any atom is -0.296 e. The van der Waals surface area contributed by atoms with Gasteiger partial charge in [-0.05, 0) is 23.8 Å². The lowest BCUT2D eigenvalue weighted by Gasteiger charge is -2.12. The lowest BCUT2D eigenvalue weighted by molar-refractivity contribution is -0.137. The van der Waals surface area contributed by atoms with Crippen LogP contribution in [0.4, 0.5) is 17.6 Å². The fourth-order valence-electron chi connectivity index (χ4n) is 2.53. The van der Waals surface area contributed by atoms with Crippen molar-refractivity contribution in [3.8, 4) is 0 Å². The zero-order valence-corrected chi connectivity index (χ0v) is 14.9. The average molecular weight is 421 g/mol. The van der Waals surface area contributed by atoms with Crippen molar-refractivity contribution >= 4 is 23.2 Å². The van der Waals surface area contributed by atoms with Gasteiger partial charge in [-0.1, -0.05) is 46.6 Å². The van der Waals surface area contributed by atoms with Crippen molar-refractivity contribution in [3.05, 3.63) is 85.3 Å². The van der Waals surface area contributed by atoms with Crippen molar-refractivity contribution in [2.45, 2.75) is 19.1 Å². The largest absolute Gasteiger partial charge is 0.441 e. The van der Waals surface area contributed by atoms with Gasteiger partial charge in [0.2, 0.25) is 0 Å². The number of nitrogens with zero attached hydrogens (tertiary/aromatic N) is 2. The SMILES string of the molecule is O=c1onc(Cc2cccc(C(F)(F)F)c2Cl)n1Cc1c(F)cccc1Cl. The van der Waals surface area contributed by atoms with Crippen molar-refractivity contribution < 1.29 is 22.1 Å².